The van der Waals surface area contributed by atoms with Crippen LogP contribution in [-0.2, 0) is 13.6 Å². The molecule has 2 aliphatic rings. The van der Waals surface area contributed by atoms with E-state index >= 15 is 0 Å². The molecule has 5 rings (SSSR count). The first-order chi connectivity index (χ1) is 14.6. The molecule has 1 spiro atoms. The minimum Gasteiger partial charge on any atom is -0.341 e. The molecule has 9 nitrogen and oxygen atoms in total. The van der Waals surface area contributed by atoms with Crippen LogP contribution in [-0.4, -0.2) is 61.7 Å². The van der Waals surface area contributed by atoms with Crippen LogP contribution in [0.4, 0.5) is 5.95 Å². The van der Waals surface area contributed by atoms with Crippen LogP contribution in [0, 0.1) is 5.41 Å². The number of anilines is 1. The Bertz CT molecular complexity index is 1070. The number of likely N-dealkylation sites (tertiary alicyclic amines) is 1. The number of hydroxylamine groups is 1. The second-order valence-electron chi connectivity index (χ2n) is 8.42. The molecule has 0 radical (unpaired) electrons. The lowest BCUT2D eigenvalue weighted by molar-refractivity contribution is -0.0260. The van der Waals surface area contributed by atoms with Gasteiger partial charge in [0.1, 0.15) is 5.82 Å². The van der Waals surface area contributed by atoms with E-state index in [1.807, 2.05) is 6.07 Å². The normalized spacial score (nSPS) is 17.9. The molecule has 2 fully saturated rings. The molecule has 0 bridgehead atoms. The van der Waals surface area contributed by atoms with Crippen molar-refractivity contribution in [1.29, 1.82) is 0 Å². The molecule has 3 aromatic rings. The SMILES string of the molecule is Cl.Cn1c(CN2CC3(CCN(c4ncc(C(=O)NO)cn4)CC3)C2)nc2ccccc21. The first kappa shape index (κ1) is 21.5. The van der Waals surface area contributed by atoms with Crippen LogP contribution in [0.3, 0.4) is 0 Å². The number of piperidine rings is 1. The lowest BCUT2D eigenvalue weighted by Crippen LogP contribution is -2.60. The number of aryl methyl sites for hydroxylation is 1. The number of imidazole rings is 1. The Morgan fingerprint density at radius 2 is 1.84 bits per heavy atom. The van der Waals surface area contributed by atoms with Crippen LogP contribution in [0.5, 0.6) is 0 Å². The number of rotatable bonds is 4. The van der Waals surface area contributed by atoms with Gasteiger partial charge in [0.15, 0.2) is 0 Å². The number of hydrogen-bond acceptors (Lipinski definition) is 7. The quantitative estimate of drug-likeness (QED) is 0.470. The fourth-order valence-electron chi connectivity index (χ4n) is 4.71. The zero-order valence-corrected chi connectivity index (χ0v) is 18.2. The third-order valence-electron chi connectivity index (χ3n) is 6.47. The first-order valence-electron chi connectivity index (χ1n) is 10.2. The Morgan fingerprint density at radius 1 is 1.16 bits per heavy atom. The van der Waals surface area contributed by atoms with Crippen molar-refractivity contribution in [2.45, 2.75) is 19.4 Å². The summed E-state index contributed by atoms with van der Waals surface area (Å²) >= 11 is 0. The van der Waals surface area contributed by atoms with Gasteiger partial charge in [0.2, 0.25) is 5.95 Å². The number of nitrogens with one attached hydrogen (secondary N) is 1. The highest BCUT2D eigenvalue weighted by atomic mass is 35.5. The maximum atomic E-state index is 11.4. The highest BCUT2D eigenvalue weighted by Gasteiger charge is 2.45. The van der Waals surface area contributed by atoms with Crippen molar-refractivity contribution in [3.63, 3.8) is 0 Å². The highest BCUT2D eigenvalue weighted by molar-refractivity contribution is 5.92. The number of carbonyl (C=O) groups excluding carboxylic acids is 1. The molecule has 0 atom stereocenters. The molecule has 4 heterocycles. The molecule has 2 aliphatic heterocycles. The zero-order valence-electron chi connectivity index (χ0n) is 17.4. The summed E-state index contributed by atoms with van der Waals surface area (Å²) < 4.78 is 2.20. The largest absolute Gasteiger partial charge is 0.341 e. The van der Waals surface area contributed by atoms with Gasteiger partial charge in [-0.3, -0.25) is 14.9 Å². The molecule has 0 saturated carbocycles. The molecule has 2 N–H and O–H groups in total. The second-order valence-corrected chi connectivity index (χ2v) is 8.42. The predicted molar refractivity (Wildman–Crippen MR) is 118 cm³/mol. The molecular weight excluding hydrogens is 418 g/mol. The maximum absolute atomic E-state index is 11.4. The number of nitrogens with zero attached hydrogens (tertiary/aromatic N) is 6. The lowest BCUT2D eigenvalue weighted by atomic mass is 9.72. The molecule has 1 aromatic carbocycles. The Hall–Kier alpha value is -2.75. The van der Waals surface area contributed by atoms with E-state index < -0.39 is 5.91 Å². The summed E-state index contributed by atoms with van der Waals surface area (Å²) in [7, 11) is 2.09. The average Bonchev–Trinajstić information content (AvgIpc) is 3.08. The molecule has 0 unspecified atom stereocenters. The monoisotopic (exact) mass is 443 g/mol. The van der Waals surface area contributed by atoms with Crippen molar-refractivity contribution in [3.05, 3.63) is 48.0 Å². The summed E-state index contributed by atoms with van der Waals surface area (Å²) in [5.41, 5.74) is 4.45. The van der Waals surface area contributed by atoms with Gasteiger partial charge in [-0.1, -0.05) is 12.1 Å². The van der Waals surface area contributed by atoms with Crippen molar-refractivity contribution >= 4 is 35.3 Å². The summed E-state index contributed by atoms with van der Waals surface area (Å²) in [5.74, 6) is 1.15. The fourth-order valence-corrected chi connectivity index (χ4v) is 4.71. The molecular formula is C21H26ClN7O2. The van der Waals surface area contributed by atoms with Gasteiger partial charge in [-0.15, -0.1) is 12.4 Å². The van der Waals surface area contributed by atoms with E-state index in [1.165, 1.54) is 17.9 Å². The van der Waals surface area contributed by atoms with Crippen LogP contribution in [0.1, 0.15) is 29.0 Å². The van der Waals surface area contributed by atoms with Crippen LogP contribution in [0.2, 0.25) is 0 Å². The van der Waals surface area contributed by atoms with Crippen molar-refractivity contribution in [2.75, 3.05) is 31.1 Å². The maximum Gasteiger partial charge on any atom is 0.277 e. The van der Waals surface area contributed by atoms with Crippen molar-refractivity contribution in [3.8, 4) is 0 Å². The van der Waals surface area contributed by atoms with Crippen molar-refractivity contribution < 1.29 is 10.0 Å². The number of halogens is 1. The second kappa shape index (κ2) is 8.41. The van der Waals surface area contributed by atoms with E-state index in [4.69, 9.17) is 10.2 Å². The Labute approximate surface area is 186 Å². The third kappa shape index (κ3) is 3.96. The van der Waals surface area contributed by atoms with E-state index in [9.17, 15) is 4.79 Å². The number of fused-ring (bicyclic) bond motifs is 1. The third-order valence-corrected chi connectivity index (χ3v) is 6.47. The molecule has 2 saturated heterocycles. The lowest BCUT2D eigenvalue weighted by Gasteiger charge is -2.54. The van der Waals surface area contributed by atoms with Crippen molar-refractivity contribution in [1.82, 2.24) is 29.9 Å². The minimum absolute atomic E-state index is 0. The number of amides is 1. The summed E-state index contributed by atoms with van der Waals surface area (Å²) in [5, 5.41) is 8.69. The van der Waals surface area contributed by atoms with Crippen LogP contribution < -0.4 is 10.4 Å². The number of benzene rings is 1. The standard InChI is InChI=1S/C21H25N7O2.ClH/c1-26-17-5-3-2-4-16(17)24-18(26)12-27-13-21(14-27)6-8-28(9-7-21)20-22-10-15(11-23-20)19(29)25-30;/h2-5,10-11,30H,6-9,12-14H2,1H3,(H,25,29);1H. The minimum atomic E-state index is -0.602. The average molecular weight is 444 g/mol. The van der Waals surface area contributed by atoms with E-state index in [0.29, 0.717) is 11.4 Å². The Morgan fingerprint density at radius 3 is 2.48 bits per heavy atom. The van der Waals surface area contributed by atoms with E-state index in [1.54, 1.807) is 5.48 Å². The van der Waals surface area contributed by atoms with E-state index in [-0.39, 0.29) is 18.0 Å². The molecule has 31 heavy (non-hydrogen) atoms. The summed E-state index contributed by atoms with van der Waals surface area (Å²) in [6.45, 7) is 4.90. The summed E-state index contributed by atoms with van der Waals surface area (Å²) in [6.07, 6.45) is 5.10. The van der Waals surface area contributed by atoms with Gasteiger partial charge in [-0.05, 0) is 30.4 Å². The Kier molecular flexibility index (Phi) is 5.83. The number of carbonyl (C=O) groups is 1. The van der Waals surface area contributed by atoms with Gasteiger partial charge < -0.3 is 9.47 Å². The predicted octanol–water partition coefficient (Wildman–Crippen LogP) is 2.01. The van der Waals surface area contributed by atoms with Crippen LogP contribution >= 0.6 is 12.4 Å². The fraction of sp³-hybridized carbons (Fsp3) is 0.429. The van der Waals surface area contributed by atoms with Crippen LogP contribution in [0.25, 0.3) is 11.0 Å². The van der Waals surface area contributed by atoms with Gasteiger partial charge in [0.25, 0.3) is 5.91 Å². The Balaban J connectivity index is 0.00000231. The zero-order chi connectivity index (χ0) is 20.7. The van der Waals surface area contributed by atoms with Gasteiger partial charge in [-0.25, -0.2) is 20.4 Å². The molecule has 2 aromatic heterocycles. The van der Waals surface area contributed by atoms with Gasteiger partial charge in [0.05, 0.1) is 23.1 Å². The van der Waals surface area contributed by atoms with Crippen LogP contribution in [0.15, 0.2) is 36.7 Å². The number of aromatic nitrogens is 4. The molecule has 164 valence electrons. The number of hydrogen-bond donors (Lipinski definition) is 2. The molecule has 1 amide bonds. The smallest absolute Gasteiger partial charge is 0.277 e. The van der Waals surface area contributed by atoms with E-state index in [0.717, 1.165) is 56.9 Å². The highest BCUT2D eigenvalue weighted by Crippen LogP contribution is 2.41. The molecule has 0 aliphatic carbocycles. The number of para-hydroxylation sites is 2. The summed E-state index contributed by atoms with van der Waals surface area (Å²) in [4.78, 5) is 29.4. The van der Waals surface area contributed by atoms with Gasteiger partial charge >= 0.3 is 0 Å². The molecule has 10 heteroatoms. The first-order valence-corrected chi connectivity index (χ1v) is 10.2. The topological polar surface area (TPSA) is 99.4 Å². The van der Waals surface area contributed by atoms with E-state index in [2.05, 4.69) is 49.6 Å². The van der Waals surface area contributed by atoms with Gasteiger partial charge in [0, 0.05) is 45.6 Å². The van der Waals surface area contributed by atoms with Crippen molar-refractivity contribution in [2.24, 2.45) is 12.5 Å². The summed E-state index contributed by atoms with van der Waals surface area (Å²) in [6, 6.07) is 8.27. The van der Waals surface area contributed by atoms with Gasteiger partial charge in [-0.2, -0.15) is 0 Å².